The second-order valence-electron chi connectivity index (χ2n) is 9.27. The van der Waals surface area contributed by atoms with E-state index in [1.165, 1.54) is 18.2 Å². The molecule has 1 nitrogen and oxygen atoms in total. The van der Waals surface area contributed by atoms with Crippen LogP contribution >= 0.6 is 0 Å². The van der Waals surface area contributed by atoms with Crippen molar-refractivity contribution < 1.29 is 35.5 Å². The summed E-state index contributed by atoms with van der Waals surface area (Å²) in [6.07, 6.45) is -5.75. The van der Waals surface area contributed by atoms with Crippen molar-refractivity contribution in [3.8, 4) is 16.9 Å². The number of halogens is 7. The largest absolute Gasteiger partial charge is 0.429 e. The average Bonchev–Trinajstić information content (AvgIpc) is 2.84. The molecule has 0 radical (unpaired) electrons. The van der Waals surface area contributed by atoms with Crippen molar-refractivity contribution in [1.82, 2.24) is 0 Å². The molecule has 3 aromatic rings. The molecule has 1 aliphatic rings. The fourth-order valence-corrected chi connectivity index (χ4v) is 4.78. The van der Waals surface area contributed by atoms with E-state index in [0.717, 1.165) is 37.5 Å². The van der Waals surface area contributed by atoms with Gasteiger partial charge in [-0.25, -0.2) is 22.0 Å². The van der Waals surface area contributed by atoms with Gasteiger partial charge in [0.15, 0.2) is 12.3 Å². The first-order chi connectivity index (χ1) is 17.6. The third-order valence-electron chi connectivity index (χ3n) is 6.69. The van der Waals surface area contributed by atoms with Crippen LogP contribution in [0.4, 0.5) is 30.7 Å². The van der Waals surface area contributed by atoms with E-state index < -0.39 is 58.3 Å². The summed E-state index contributed by atoms with van der Waals surface area (Å²) in [5.41, 5.74) is -2.58. The maximum Gasteiger partial charge on any atom is 0.429 e. The van der Waals surface area contributed by atoms with E-state index in [1.54, 1.807) is 6.92 Å². The summed E-state index contributed by atoms with van der Waals surface area (Å²) in [5, 5.41) is 0. The highest BCUT2D eigenvalue weighted by Gasteiger charge is 2.44. The molecule has 0 aromatic heterocycles. The van der Waals surface area contributed by atoms with Crippen molar-refractivity contribution in [2.24, 2.45) is 0 Å². The summed E-state index contributed by atoms with van der Waals surface area (Å²) >= 11 is 0. The van der Waals surface area contributed by atoms with Gasteiger partial charge in [0, 0.05) is 17.2 Å². The van der Waals surface area contributed by atoms with Crippen LogP contribution in [0.25, 0.3) is 11.1 Å². The Morgan fingerprint density at radius 1 is 0.730 bits per heavy atom. The van der Waals surface area contributed by atoms with E-state index in [2.05, 4.69) is 4.74 Å². The molecule has 0 N–H and O–H groups in total. The van der Waals surface area contributed by atoms with Crippen molar-refractivity contribution in [3.05, 3.63) is 87.7 Å². The fraction of sp³-hybridized carbons (Fsp3) is 0.379. The SMILES string of the molecule is CCCCCc1ccc(OC(F)(F)c2ccc3c(c2F)C(F)C(F)c2c-3ccc(CCC)c2F)cc1F. The number of alkyl halides is 4. The molecule has 3 aromatic carbocycles. The monoisotopic (exact) mass is 524 g/mol. The number of unbranched alkanes of at least 4 members (excludes halogenated alkanes) is 2. The van der Waals surface area contributed by atoms with Crippen molar-refractivity contribution in [2.45, 2.75) is 70.8 Å². The minimum absolute atomic E-state index is 0.0934. The quantitative estimate of drug-likeness (QED) is 0.200. The molecule has 0 saturated heterocycles. The normalized spacial score (nSPS) is 16.9. The summed E-state index contributed by atoms with van der Waals surface area (Å²) in [5.74, 6) is -3.90. The predicted octanol–water partition coefficient (Wildman–Crippen LogP) is 9.62. The summed E-state index contributed by atoms with van der Waals surface area (Å²) < 4.78 is 109. The van der Waals surface area contributed by atoms with Gasteiger partial charge in [0.2, 0.25) is 0 Å². The first kappa shape index (κ1) is 27.0. The van der Waals surface area contributed by atoms with E-state index in [4.69, 9.17) is 0 Å². The standard InChI is InChI=1S/C29H27F7O/c1-3-5-6-8-16-9-11-18(15-22(16)30)37-29(35,36)21-14-13-20-19-12-10-17(7-4-2)25(31)23(19)27(33)28(34)24(20)26(21)32/h9-15,27-28H,3-8H2,1-2H3. The second kappa shape index (κ2) is 10.8. The highest BCUT2D eigenvalue weighted by Crippen LogP contribution is 2.52. The summed E-state index contributed by atoms with van der Waals surface area (Å²) in [6, 6.07) is 7.69. The van der Waals surface area contributed by atoms with Crippen LogP contribution in [0.5, 0.6) is 5.75 Å². The van der Waals surface area contributed by atoms with Crippen molar-refractivity contribution in [3.63, 3.8) is 0 Å². The molecule has 37 heavy (non-hydrogen) atoms. The molecule has 0 fully saturated rings. The van der Waals surface area contributed by atoms with Gasteiger partial charge in [-0.1, -0.05) is 57.4 Å². The minimum atomic E-state index is -4.32. The number of benzene rings is 3. The zero-order chi connectivity index (χ0) is 26.9. The van der Waals surface area contributed by atoms with Gasteiger partial charge in [-0.3, -0.25) is 0 Å². The van der Waals surface area contributed by atoms with Crippen LogP contribution in [0, 0.1) is 17.5 Å². The third kappa shape index (κ3) is 5.07. The lowest BCUT2D eigenvalue weighted by Gasteiger charge is -2.29. The van der Waals surface area contributed by atoms with Gasteiger partial charge in [0.1, 0.15) is 28.8 Å². The fourth-order valence-electron chi connectivity index (χ4n) is 4.78. The number of fused-ring (bicyclic) bond motifs is 3. The Hall–Kier alpha value is -3.03. The molecular weight excluding hydrogens is 497 g/mol. The summed E-state index contributed by atoms with van der Waals surface area (Å²) in [4.78, 5) is 0. The smallest absolute Gasteiger partial charge is 0.429 e. The van der Waals surface area contributed by atoms with Crippen LogP contribution < -0.4 is 4.74 Å². The molecule has 8 heteroatoms. The van der Waals surface area contributed by atoms with Gasteiger partial charge in [-0.2, -0.15) is 8.78 Å². The highest BCUT2D eigenvalue weighted by atomic mass is 19.3. The van der Waals surface area contributed by atoms with E-state index in [-0.39, 0.29) is 16.7 Å². The molecule has 0 spiro atoms. The Morgan fingerprint density at radius 2 is 1.35 bits per heavy atom. The van der Waals surface area contributed by atoms with Gasteiger partial charge < -0.3 is 4.74 Å². The molecule has 2 unspecified atom stereocenters. The Balaban J connectivity index is 1.69. The van der Waals surface area contributed by atoms with Crippen LogP contribution in [0.15, 0.2) is 42.5 Å². The minimum Gasteiger partial charge on any atom is -0.429 e. The zero-order valence-corrected chi connectivity index (χ0v) is 20.5. The number of hydrogen-bond donors (Lipinski definition) is 0. The third-order valence-corrected chi connectivity index (χ3v) is 6.69. The van der Waals surface area contributed by atoms with Crippen LogP contribution in [-0.2, 0) is 19.0 Å². The molecule has 4 rings (SSSR count). The molecule has 0 saturated carbocycles. The molecule has 0 bridgehead atoms. The van der Waals surface area contributed by atoms with Crippen molar-refractivity contribution in [1.29, 1.82) is 0 Å². The number of hydrogen-bond acceptors (Lipinski definition) is 1. The van der Waals surface area contributed by atoms with Gasteiger partial charge in [0.05, 0.1) is 0 Å². The first-order valence-electron chi connectivity index (χ1n) is 12.4. The van der Waals surface area contributed by atoms with Gasteiger partial charge in [-0.05, 0) is 53.6 Å². The number of rotatable bonds is 9. The maximum absolute atomic E-state index is 15.4. The summed E-state index contributed by atoms with van der Waals surface area (Å²) in [7, 11) is 0. The van der Waals surface area contributed by atoms with E-state index in [9.17, 15) is 8.78 Å². The molecule has 0 heterocycles. The van der Waals surface area contributed by atoms with Crippen molar-refractivity contribution >= 4 is 0 Å². The Morgan fingerprint density at radius 3 is 1.97 bits per heavy atom. The molecule has 2 atom stereocenters. The zero-order valence-electron chi connectivity index (χ0n) is 20.5. The van der Waals surface area contributed by atoms with Crippen LogP contribution in [0.2, 0.25) is 0 Å². The van der Waals surface area contributed by atoms with Crippen molar-refractivity contribution in [2.75, 3.05) is 0 Å². The predicted molar refractivity (Wildman–Crippen MR) is 128 cm³/mol. The number of aryl methyl sites for hydroxylation is 2. The average molecular weight is 525 g/mol. The molecule has 0 aliphatic heterocycles. The first-order valence-corrected chi connectivity index (χ1v) is 12.4. The van der Waals surface area contributed by atoms with Gasteiger partial charge in [0.25, 0.3) is 0 Å². The maximum atomic E-state index is 15.4. The summed E-state index contributed by atoms with van der Waals surface area (Å²) in [6.45, 7) is 3.79. The molecule has 1 aliphatic carbocycles. The highest BCUT2D eigenvalue weighted by molar-refractivity contribution is 5.76. The Labute approximate surface area is 211 Å². The van der Waals surface area contributed by atoms with Crippen LogP contribution in [0.1, 0.15) is 79.7 Å². The van der Waals surface area contributed by atoms with Crippen LogP contribution in [0.3, 0.4) is 0 Å². The van der Waals surface area contributed by atoms with Gasteiger partial charge in [-0.15, -0.1) is 0 Å². The lowest BCUT2D eigenvalue weighted by molar-refractivity contribution is -0.187. The van der Waals surface area contributed by atoms with E-state index in [1.807, 2.05) is 6.92 Å². The van der Waals surface area contributed by atoms with Gasteiger partial charge >= 0.3 is 6.11 Å². The van der Waals surface area contributed by atoms with E-state index >= 15 is 22.0 Å². The lowest BCUT2D eigenvalue weighted by Crippen LogP contribution is -2.26. The van der Waals surface area contributed by atoms with E-state index in [0.29, 0.717) is 30.9 Å². The molecule has 0 amide bonds. The second-order valence-corrected chi connectivity index (χ2v) is 9.27. The molecular formula is C29H27F7O. The Bertz CT molecular complexity index is 1290. The molecule has 198 valence electrons. The lowest BCUT2D eigenvalue weighted by atomic mass is 9.80. The van der Waals surface area contributed by atoms with Crippen LogP contribution in [-0.4, -0.2) is 0 Å². The number of ether oxygens (including phenoxy) is 1. The topological polar surface area (TPSA) is 9.23 Å². The Kier molecular flexibility index (Phi) is 7.85.